The fourth-order valence-corrected chi connectivity index (χ4v) is 1.80. The number of nitrogens with zero attached hydrogens (tertiary/aromatic N) is 1. The van der Waals surface area contributed by atoms with Crippen LogP contribution in [0.2, 0.25) is 0 Å². The van der Waals surface area contributed by atoms with Gasteiger partial charge in [0.25, 0.3) is 0 Å². The average Bonchev–Trinajstić information content (AvgIpc) is 2.82. The van der Waals surface area contributed by atoms with Crippen LogP contribution in [0.5, 0.6) is 0 Å². The first-order valence-corrected chi connectivity index (χ1v) is 5.49. The van der Waals surface area contributed by atoms with Gasteiger partial charge in [0.15, 0.2) is 5.82 Å². The van der Waals surface area contributed by atoms with E-state index in [4.69, 9.17) is 0 Å². The van der Waals surface area contributed by atoms with E-state index >= 15 is 0 Å². The van der Waals surface area contributed by atoms with E-state index in [9.17, 15) is 9.18 Å². The first kappa shape index (κ1) is 10.7. The molecule has 3 aromatic rings. The third-order valence-electron chi connectivity index (χ3n) is 2.71. The zero-order valence-corrected chi connectivity index (χ0v) is 9.35. The van der Waals surface area contributed by atoms with Crippen LogP contribution in [0, 0.1) is 5.82 Å². The third kappa shape index (κ3) is 1.78. The molecule has 0 aliphatic carbocycles. The molecule has 88 valence electrons. The fourth-order valence-electron chi connectivity index (χ4n) is 1.80. The number of nitrogens with one attached hydrogen (secondary N) is 1. The van der Waals surface area contributed by atoms with Gasteiger partial charge in [-0.1, -0.05) is 12.1 Å². The van der Waals surface area contributed by atoms with E-state index in [2.05, 4.69) is 9.97 Å². The zero-order chi connectivity index (χ0) is 12.5. The third-order valence-corrected chi connectivity index (χ3v) is 2.71. The maximum Gasteiger partial charge on any atom is 0.228 e. The summed E-state index contributed by atoms with van der Waals surface area (Å²) in [5, 5.41) is 0. The number of H-pyrrole nitrogens is 1. The quantitative estimate of drug-likeness (QED) is 0.700. The van der Waals surface area contributed by atoms with E-state index in [1.807, 2.05) is 24.3 Å². The van der Waals surface area contributed by atoms with Gasteiger partial charge in [-0.25, -0.2) is 9.37 Å². The van der Waals surface area contributed by atoms with Crippen LogP contribution in [0.15, 0.2) is 48.5 Å². The van der Waals surface area contributed by atoms with Gasteiger partial charge in [-0.3, -0.25) is 4.79 Å². The molecule has 0 radical (unpaired) electrons. The van der Waals surface area contributed by atoms with Gasteiger partial charge in [-0.15, -0.1) is 0 Å². The van der Waals surface area contributed by atoms with Gasteiger partial charge >= 0.3 is 0 Å². The summed E-state index contributed by atoms with van der Waals surface area (Å²) in [6.45, 7) is 0. The van der Waals surface area contributed by atoms with Crippen molar-refractivity contribution in [1.82, 2.24) is 9.97 Å². The molecule has 0 unspecified atom stereocenters. The Hall–Kier alpha value is -2.49. The molecule has 0 saturated carbocycles. The summed E-state index contributed by atoms with van der Waals surface area (Å²) >= 11 is 0. The molecule has 0 amide bonds. The highest BCUT2D eigenvalue weighted by Crippen LogP contribution is 2.14. The number of ketones is 1. The molecule has 1 N–H and O–H groups in total. The van der Waals surface area contributed by atoms with Crippen LogP contribution in [0.3, 0.4) is 0 Å². The number of rotatable bonds is 2. The highest BCUT2D eigenvalue weighted by Gasteiger charge is 2.13. The van der Waals surface area contributed by atoms with Crippen molar-refractivity contribution in [2.75, 3.05) is 0 Å². The first-order valence-electron chi connectivity index (χ1n) is 5.49. The summed E-state index contributed by atoms with van der Waals surface area (Å²) in [6, 6.07) is 12.8. The lowest BCUT2D eigenvalue weighted by molar-refractivity contribution is 0.103. The largest absolute Gasteiger partial charge is 0.335 e. The summed E-state index contributed by atoms with van der Waals surface area (Å²) in [6.07, 6.45) is 0. The van der Waals surface area contributed by atoms with Crippen LogP contribution < -0.4 is 0 Å². The number of fused-ring (bicyclic) bond motifs is 1. The Morgan fingerprint density at radius 2 is 1.78 bits per heavy atom. The Kier molecular flexibility index (Phi) is 2.41. The molecule has 1 aromatic heterocycles. The molecule has 0 aliphatic heterocycles. The van der Waals surface area contributed by atoms with Crippen LogP contribution >= 0.6 is 0 Å². The lowest BCUT2D eigenvalue weighted by Crippen LogP contribution is -2.03. The van der Waals surface area contributed by atoms with Crippen LogP contribution in [0.25, 0.3) is 11.0 Å². The normalized spacial score (nSPS) is 10.7. The smallest absolute Gasteiger partial charge is 0.228 e. The SMILES string of the molecule is O=C(c1ccc(F)cc1)c1nc2ccccc2[nH]1. The topological polar surface area (TPSA) is 45.8 Å². The van der Waals surface area contributed by atoms with Crippen LogP contribution in [0.1, 0.15) is 16.2 Å². The zero-order valence-electron chi connectivity index (χ0n) is 9.35. The van der Waals surface area contributed by atoms with E-state index in [1.54, 1.807) is 0 Å². The maximum atomic E-state index is 12.8. The maximum absolute atomic E-state index is 12.8. The highest BCUT2D eigenvalue weighted by atomic mass is 19.1. The number of hydrogen-bond acceptors (Lipinski definition) is 2. The summed E-state index contributed by atoms with van der Waals surface area (Å²) < 4.78 is 12.8. The average molecular weight is 240 g/mol. The van der Waals surface area contributed by atoms with Gasteiger partial charge in [-0.2, -0.15) is 0 Å². The van der Waals surface area contributed by atoms with Crippen molar-refractivity contribution >= 4 is 16.8 Å². The van der Waals surface area contributed by atoms with Gasteiger partial charge in [0.05, 0.1) is 11.0 Å². The summed E-state index contributed by atoms with van der Waals surface area (Å²) in [4.78, 5) is 19.3. The molecule has 3 rings (SSSR count). The van der Waals surface area contributed by atoms with Crippen molar-refractivity contribution in [1.29, 1.82) is 0 Å². The summed E-state index contributed by atoms with van der Waals surface area (Å²) in [5.41, 5.74) is 1.96. The minimum absolute atomic E-state index is 0.244. The van der Waals surface area contributed by atoms with Gasteiger partial charge in [0, 0.05) is 5.56 Å². The van der Waals surface area contributed by atoms with Crippen molar-refractivity contribution in [2.45, 2.75) is 0 Å². The number of carbonyl (C=O) groups is 1. The monoisotopic (exact) mass is 240 g/mol. The number of carbonyl (C=O) groups excluding carboxylic acids is 1. The van der Waals surface area contributed by atoms with Gasteiger partial charge < -0.3 is 4.98 Å². The molecular formula is C14H9FN2O. The lowest BCUT2D eigenvalue weighted by Gasteiger charge is -1.96. The summed E-state index contributed by atoms with van der Waals surface area (Å²) in [5.74, 6) is -0.342. The molecule has 18 heavy (non-hydrogen) atoms. The molecule has 0 saturated heterocycles. The minimum atomic E-state index is -0.365. The van der Waals surface area contributed by atoms with Crippen molar-refractivity contribution in [3.8, 4) is 0 Å². The highest BCUT2D eigenvalue weighted by molar-refractivity contribution is 6.07. The molecular weight excluding hydrogens is 231 g/mol. The van der Waals surface area contributed by atoms with E-state index in [-0.39, 0.29) is 17.4 Å². The Bertz CT molecular complexity index is 683. The number of aromatic nitrogens is 2. The van der Waals surface area contributed by atoms with Gasteiger partial charge in [-0.05, 0) is 36.4 Å². The molecule has 3 nitrogen and oxygen atoms in total. The van der Waals surface area contributed by atoms with Crippen molar-refractivity contribution in [2.24, 2.45) is 0 Å². The van der Waals surface area contributed by atoms with Crippen molar-refractivity contribution in [3.63, 3.8) is 0 Å². The molecule has 0 aliphatic rings. The van der Waals surface area contributed by atoms with E-state index in [0.717, 1.165) is 11.0 Å². The second-order valence-electron chi connectivity index (χ2n) is 3.94. The Morgan fingerprint density at radius 1 is 1.06 bits per heavy atom. The second kappa shape index (κ2) is 4.07. The standard InChI is InChI=1S/C14H9FN2O/c15-10-7-5-9(6-8-10)13(18)14-16-11-3-1-2-4-12(11)17-14/h1-8H,(H,16,17). The number of hydrogen-bond donors (Lipinski definition) is 1. The summed E-state index contributed by atoms with van der Waals surface area (Å²) in [7, 11) is 0. The number of halogens is 1. The van der Waals surface area contributed by atoms with E-state index in [1.165, 1.54) is 24.3 Å². The Balaban J connectivity index is 2.03. The Labute approximate surface area is 102 Å². The van der Waals surface area contributed by atoms with E-state index < -0.39 is 0 Å². The molecule has 0 bridgehead atoms. The predicted octanol–water partition coefficient (Wildman–Crippen LogP) is 2.93. The van der Waals surface area contributed by atoms with Gasteiger partial charge in [0.2, 0.25) is 5.78 Å². The van der Waals surface area contributed by atoms with Crippen LogP contribution in [0.4, 0.5) is 4.39 Å². The molecule has 1 heterocycles. The number of aromatic amines is 1. The fraction of sp³-hybridized carbons (Fsp3) is 0. The first-order chi connectivity index (χ1) is 8.74. The number of para-hydroxylation sites is 2. The molecule has 0 fully saturated rings. The Morgan fingerprint density at radius 3 is 2.50 bits per heavy atom. The van der Waals surface area contributed by atoms with Crippen LogP contribution in [-0.2, 0) is 0 Å². The second-order valence-corrected chi connectivity index (χ2v) is 3.94. The minimum Gasteiger partial charge on any atom is -0.335 e. The molecule has 4 heteroatoms. The molecule has 0 atom stereocenters. The van der Waals surface area contributed by atoms with E-state index in [0.29, 0.717) is 5.56 Å². The van der Waals surface area contributed by atoms with Gasteiger partial charge in [0.1, 0.15) is 5.82 Å². The van der Waals surface area contributed by atoms with Crippen LogP contribution in [-0.4, -0.2) is 15.8 Å². The van der Waals surface area contributed by atoms with Crippen molar-refractivity contribution in [3.05, 3.63) is 65.7 Å². The molecule has 0 spiro atoms. The number of benzene rings is 2. The predicted molar refractivity (Wildman–Crippen MR) is 65.9 cm³/mol. The molecule has 2 aromatic carbocycles. The lowest BCUT2D eigenvalue weighted by atomic mass is 10.1. The van der Waals surface area contributed by atoms with Crippen molar-refractivity contribution < 1.29 is 9.18 Å². The number of imidazole rings is 1.